The molecule has 0 bridgehead atoms. The lowest BCUT2D eigenvalue weighted by molar-refractivity contribution is 0.427. The van der Waals surface area contributed by atoms with E-state index in [1.165, 1.54) is 43.2 Å². The molecule has 0 saturated carbocycles. The van der Waals surface area contributed by atoms with Crippen LogP contribution in [0.25, 0.3) is 0 Å². The number of allylic oxidation sites excluding steroid dienone is 1. The second-order valence-corrected chi connectivity index (χ2v) is 5.15. The summed E-state index contributed by atoms with van der Waals surface area (Å²) in [5.74, 6) is 0.847. The highest BCUT2D eigenvalue weighted by Gasteiger charge is 2.05. The van der Waals surface area contributed by atoms with E-state index in [4.69, 9.17) is 6.58 Å². The van der Waals surface area contributed by atoms with Crippen LogP contribution in [-0.4, -0.2) is 0 Å². The Morgan fingerprint density at radius 2 is 1.72 bits per heavy atom. The highest BCUT2D eigenvalue weighted by molar-refractivity contribution is 5.22. The molecule has 0 aliphatic rings. The van der Waals surface area contributed by atoms with Crippen molar-refractivity contribution in [1.29, 1.82) is 0 Å². The minimum atomic E-state index is 0.847. The predicted molar refractivity (Wildman–Crippen MR) is 80.6 cm³/mol. The average Bonchev–Trinajstić information content (AvgIpc) is 2.43. The smallest absolute Gasteiger partial charge is 0.0279 e. The lowest BCUT2D eigenvalue weighted by atomic mass is 9.93. The maximum absolute atomic E-state index is 5.45. The number of rotatable bonds is 9. The van der Waals surface area contributed by atoms with Gasteiger partial charge in [0, 0.05) is 0 Å². The standard InChI is InChI=1S/C18H27/c1-4-7-9-16(5-2)10-8-11-18-14-12-17(6-3)13-15-18/h1,4,12-16H,5-11H2,2-3H3. The molecule has 18 heavy (non-hydrogen) atoms. The highest BCUT2D eigenvalue weighted by atomic mass is 14.1. The molecule has 0 saturated heterocycles. The van der Waals surface area contributed by atoms with Gasteiger partial charge in [0.05, 0.1) is 0 Å². The molecule has 0 fully saturated rings. The summed E-state index contributed by atoms with van der Waals surface area (Å²) in [6, 6.07) is 9.09. The van der Waals surface area contributed by atoms with Crippen molar-refractivity contribution in [2.45, 2.75) is 58.8 Å². The van der Waals surface area contributed by atoms with Gasteiger partial charge >= 0.3 is 0 Å². The fourth-order valence-corrected chi connectivity index (χ4v) is 2.42. The van der Waals surface area contributed by atoms with Crippen LogP contribution < -0.4 is 0 Å². The average molecular weight is 243 g/mol. The maximum Gasteiger partial charge on any atom is -0.0279 e. The van der Waals surface area contributed by atoms with E-state index in [1.54, 1.807) is 6.08 Å². The van der Waals surface area contributed by atoms with Crippen molar-refractivity contribution in [3.05, 3.63) is 48.0 Å². The second kappa shape index (κ2) is 8.97. The molecule has 0 amide bonds. The quantitative estimate of drug-likeness (QED) is 0.547. The van der Waals surface area contributed by atoms with Gasteiger partial charge in [0.1, 0.15) is 0 Å². The number of benzene rings is 1. The van der Waals surface area contributed by atoms with E-state index < -0.39 is 0 Å². The third kappa shape index (κ3) is 5.53. The molecular formula is C18H27. The molecule has 0 spiro atoms. The summed E-state index contributed by atoms with van der Waals surface area (Å²) in [6.45, 7) is 9.95. The van der Waals surface area contributed by atoms with Gasteiger partial charge in [0.2, 0.25) is 0 Å². The van der Waals surface area contributed by atoms with Crippen LogP contribution in [0.2, 0.25) is 0 Å². The van der Waals surface area contributed by atoms with E-state index in [9.17, 15) is 0 Å². The SMILES string of the molecule is [CH]=CCCC(CC)CCCc1ccc(CC)cc1. The van der Waals surface area contributed by atoms with Gasteiger partial charge in [-0.1, -0.05) is 63.6 Å². The molecule has 1 aromatic carbocycles. The lowest BCUT2D eigenvalue weighted by Gasteiger charge is -2.13. The van der Waals surface area contributed by atoms with Crippen LogP contribution in [-0.2, 0) is 12.8 Å². The molecule has 1 unspecified atom stereocenters. The summed E-state index contributed by atoms with van der Waals surface area (Å²) >= 11 is 0. The van der Waals surface area contributed by atoms with Gasteiger partial charge in [0.15, 0.2) is 0 Å². The zero-order valence-corrected chi connectivity index (χ0v) is 12.0. The van der Waals surface area contributed by atoms with Crippen LogP contribution in [0.15, 0.2) is 30.3 Å². The van der Waals surface area contributed by atoms with Gasteiger partial charge in [-0.3, -0.25) is 0 Å². The molecule has 1 radical (unpaired) electrons. The molecule has 0 aliphatic heterocycles. The first-order valence-corrected chi connectivity index (χ1v) is 7.41. The maximum atomic E-state index is 5.45. The van der Waals surface area contributed by atoms with Gasteiger partial charge in [-0.15, -0.1) is 0 Å². The first-order valence-electron chi connectivity index (χ1n) is 7.41. The minimum absolute atomic E-state index is 0.847. The van der Waals surface area contributed by atoms with Crippen molar-refractivity contribution < 1.29 is 0 Å². The van der Waals surface area contributed by atoms with Crippen LogP contribution in [0.4, 0.5) is 0 Å². The number of aryl methyl sites for hydroxylation is 2. The number of hydrogen-bond donors (Lipinski definition) is 0. The summed E-state index contributed by atoms with van der Waals surface area (Å²) < 4.78 is 0. The van der Waals surface area contributed by atoms with Gasteiger partial charge < -0.3 is 0 Å². The van der Waals surface area contributed by atoms with Gasteiger partial charge in [-0.2, -0.15) is 0 Å². The normalized spacial score (nSPS) is 12.3. The molecular weight excluding hydrogens is 216 g/mol. The molecule has 1 rings (SSSR count). The van der Waals surface area contributed by atoms with Crippen molar-refractivity contribution in [3.8, 4) is 0 Å². The Morgan fingerprint density at radius 3 is 2.28 bits per heavy atom. The topological polar surface area (TPSA) is 0 Å². The third-order valence-corrected chi connectivity index (χ3v) is 3.83. The molecule has 0 N–H and O–H groups in total. The highest BCUT2D eigenvalue weighted by Crippen LogP contribution is 2.19. The van der Waals surface area contributed by atoms with E-state index in [0.717, 1.165) is 18.8 Å². The van der Waals surface area contributed by atoms with Crippen LogP contribution in [0, 0.1) is 12.5 Å². The van der Waals surface area contributed by atoms with Crippen LogP contribution >= 0.6 is 0 Å². The minimum Gasteiger partial charge on any atom is -0.0845 e. The molecule has 1 atom stereocenters. The molecule has 0 heterocycles. The summed E-state index contributed by atoms with van der Waals surface area (Å²) in [6.07, 6.45) is 10.4. The number of hydrogen-bond acceptors (Lipinski definition) is 0. The Kier molecular flexibility index (Phi) is 7.48. The molecule has 0 heteroatoms. The first kappa shape index (κ1) is 15.0. The molecule has 0 aliphatic carbocycles. The Hall–Kier alpha value is -1.04. The van der Waals surface area contributed by atoms with Gasteiger partial charge in [0.25, 0.3) is 0 Å². The Labute approximate surface area is 113 Å². The fourth-order valence-electron chi connectivity index (χ4n) is 2.42. The van der Waals surface area contributed by atoms with E-state index in [2.05, 4.69) is 38.1 Å². The van der Waals surface area contributed by atoms with Crippen molar-refractivity contribution in [3.63, 3.8) is 0 Å². The summed E-state index contributed by atoms with van der Waals surface area (Å²) in [5.41, 5.74) is 2.91. The van der Waals surface area contributed by atoms with E-state index in [0.29, 0.717) is 0 Å². The zero-order valence-electron chi connectivity index (χ0n) is 12.0. The summed E-state index contributed by atoms with van der Waals surface area (Å²) in [4.78, 5) is 0. The monoisotopic (exact) mass is 243 g/mol. The van der Waals surface area contributed by atoms with Gasteiger partial charge in [-0.25, -0.2) is 0 Å². The first-order chi connectivity index (χ1) is 8.80. The zero-order chi connectivity index (χ0) is 13.2. The molecule has 99 valence electrons. The third-order valence-electron chi connectivity index (χ3n) is 3.83. The van der Waals surface area contributed by atoms with Crippen LogP contribution in [0.3, 0.4) is 0 Å². The van der Waals surface area contributed by atoms with E-state index >= 15 is 0 Å². The van der Waals surface area contributed by atoms with E-state index in [-0.39, 0.29) is 0 Å². The predicted octanol–water partition coefficient (Wildman–Crippen LogP) is 5.37. The molecule has 0 nitrogen and oxygen atoms in total. The summed E-state index contributed by atoms with van der Waals surface area (Å²) in [5, 5.41) is 0. The largest absolute Gasteiger partial charge is 0.0845 e. The Bertz CT molecular complexity index is 320. The summed E-state index contributed by atoms with van der Waals surface area (Å²) in [7, 11) is 0. The molecule has 1 aromatic rings. The van der Waals surface area contributed by atoms with Gasteiger partial charge in [-0.05, 0) is 49.1 Å². The Balaban J connectivity index is 2.28. The fraction of sp³-hybridized carbons (Fsp3) is 0.556. The van der Waals surface area contributed by atoms with Crippen molar-refractivity contribution in [2.75, 3.05) is 0 Å². The van der Waals surface area contributed by atoms with E-state index in [1.807, 2.05) is 0 Å². The van der Waals surface area contributed by atoms with Crippen molar-refractivity contribution >= 4 is 0 Å². The van der Waals surface area contributed by atoms with Crippen molar-refractivity contribution in [2.24, 2.45) is 5.92 Å². The second-order valence-electron chi connectivity index (χ2n) is 5.15. The van der Waals surface area contributed by atoms with Crippen molar-refractivity contribution in [1.82, 2.24) is 0 Å². The Morgan fingerprint density at radius 1 is 1.06 bits per heavy atom. The lowest BCUT2D eigenvalue weighted by Crippen LogP contribution is -1.99. The molecule has 0 aromatic heterocycles. The van der Waals surface area contributed by atoms with Crippen LogP contribution in [0.1, 0.15) is 57.1 Å². The van der Waals surface area contributed by atoms with Crippen LogP contribution in [0.5, 0.6) is 0 Å².